The number of rotatable bonds is 1. The van der Waals surface area contributed by atoms with Crippen LogP contribution in [-0.4, -0.2) is 46.4 Å². The minimum Gasteiger partial charge on any atom is -0.337 e. The molecule has 0 bridgehead atoms. The summed E-state index contributed by atoms with van der Waals surface area (Å²) in [5, 5.41) is 4.91. The fraction of sp³-hybridized carbons (Fsp3) is 0.385. The van der Waals surface area contributed by atoms with Crippen LogP contribution < -0.4 is 10.6 Å². The van der Waals surface area contributed by atoms with Gasteiger partial charge in [-0.1, -0.05) is 6.07 Å². The van der Waals surface area contributed by atoms with Gasteiger partial charge in [-0.25, -0.2) is 4.79 Å². The molecule has 20 heavy (non-hydrogen) atoms. The molecule has 3 heterocycles. The van der Waals surface area contributed by atoms with Crippen LogP contribution >= 0.6 is 0 Å². The zero-order valence-corrected chi connectivity index (χ0v) is 10.8. The van der Waals surface area contributed by atoms with Crippen LogP contribution in [0.3, 0.4) is 0 Å². The molecule has 104 valence electrons. The van der Waals surface area contributed by atoms with E-state index in [2.05, 4.69) is 15.6 Å². The summed E-state index contributed by atoms with van der Waals surface area (Å²) in [6.45, 7) is 0.839. The van der Waals surface area contributed by atoms with Crippen molar-refractivity contribution < 1.29 is 14.4 Å². The average molecular weight is 274 g/mol. The Morgan fingerprint density at radius 2 is 2.00 bits per heavy atom. The van der Waals surface area contributed by atoms with Gasteiger partial charge < -0.3 is 10.2 Å². The molecule has 7 nitrogen and oxygen atoms in total. The first-order chi connectivity index (χ1) is 9.61. The predicted molar refractivity (Wildman–Crippen MR) is 68.8 cm³/mol. The van der Waals surface area contributed by atoms with E-state index in [-0.39, 0.29) is 11.8 Å². The second-order valence-electron chi connectivity index (χ2n) is 5.00. The Kier molecular flexibility index (Phi) is 2.89. The summed E-state index contributed by atoms with van der Waals surface area (Å²) in [7, 11) is 0. The highest BCUT2D eigenvalue weighted by Gasteiger charge is 2.48. The van der Waals surface area contributed by atoms with E-state index in [0.717, 1.165) is 0 Å². The molecular formula is C13H14N4O3. The van der Waals surface area contributed by atoms with E-state index < -0.39 is 11.6 Å². The molecule has 2 N–H and O–H groups in total. The Hall–Kier alpha value is -2.44. The third-order valence-electron chi connectivity index (χ3n) is 3.80. The maximum Gasteiger partial charge on any atom is 0.322 e. The lowest BCUT2D eigenvalue weighted by Crippen LogP contribution is -2.55. The molecule has 0 aromatic carbocycles. The summed E-state index contributed by atoms with van der Waals surface area (Å²) in [5.74, 6) is -0.447. The number of carbonyl (C=O) groups is 3. The Bertz CT molecular complexity index is 564. The van der Waals surface area contributed by atoms with Crippen LogP contribution in [0, 0.1) is 0 Å². The summed E-state index contributed by atoms with van der Waals surface area (Å²) in [5.41, 5.74) is -0.457. The maximum atomic E-state index is 12.2. The first-order valence-electron chi connectivity index (χ1n) is 6.45. The molecule has 0 aliphatic carbocycles. The van der Waals surface area contributed by atoms with E-state index in [4.69, 9.17) is 0 Å². The first kappa shape index (κ1) is 12.6. The topological polar surface area (TPSA) is 91.4 Å². The van der Waals surface area contributed by atoms with Crippen molar-refractivity contribution in [3.63, 3.8) is 0 Å². The van der Waals surface area contributed by atoms with E-state index in [0.29, 0.717) is 31.6 Å². The standard InChI is InChI=1S/C13H14N4O3/c18-10(9-3-1-2-6-14-9)17-7-4-13(5-8-17)11(19)15-12(20)16-13/h1-3,6H,4-5,7-8H2,(H2,15,16,19,20). The summed E-state index contributed by atoms with van der Waals surface area (Å²) >= 11 is 0. The summed E-state index contributed by atoms with van der Waals surface area (Å²) in [6, 6.07) is 4.72. The van der Waals surface area contributed by atoms with Crippen molar-refractivity contribution in [2.75, 3.05) is 13.1 Å². The SMILES string of the molecule is O=C1NC(=O)C2(CCN(C(=O)c3ccccn3)CC2)N1. The number of hydrogen-bond acceptors (Lipinski definition) is 4. The van der Waals surface area contributed by atoms with Gasteiger partial charge in [-0.3, -0.25) is 19.9 Å². The second kappa shape index (κ2) is 4.59. The monoisotopic (exact) mass is 274 g/mol. The zero-order valence-electron chi connectivity index (χ0n) is 10.8. The molecule has 7 heteroatoms. The van der Waals surface area contributed by atoms with Crippen LogP contribution in [0.4, 0.5) is 4.79 Å². The number of urea groups is 1. The molecule has 0 saturated carbocycles. The summed E-state index contributed by atoms with van der Waals surface area (Å²) < 4.78 is 0. The van der Waals surface area contributed by atoms with Crippen LogP contribution in [0.15, 0.2) is 24.4 Å². The van der Waals surface area contributed by atoms with E-state index in [1.807, 2.05) is 0 Å². The highest BCUT2D eigenvalue weighted by molar-refractivity contribution is 6.07. The van der Waals surface area contributed by atoms with E-state index in [9.17, 15) is 14.4 Å². The number of nitrogens with one attached hydrogen (secondary N) is 2. The third-order valence-corrected chi connectivity index (χ3v) is 3.80. The minimum absolute atomic E-state index is 0.148. The smallest absolute Gasteiger partial charge is 0.322 e. The molecule has 2 saturated heterocycles. The molecule has 1 aromatic rings. The molecule has 0 atom stereocenters. The quantitative estimate of drug-likeness (QED) is 0.699. The van der Waals surface area contributed by atoms with E-state index in [1.54, 1.807) is 29.3 Å². The van der Waals surface area contributed by atoms with Crippen LogP contribution in [0.1, 0.15) is 23.3 Å². The zero-order chi connectivity index (χ0) is 14.2. The molecule has 1 spiro atoms. The second-order valence-corrected chi connectivity index (χ2v) is 5.00. The average Bonchev–Trinajstić information content (AvgIpc) is 2.74. The number of hydrogen-bond donors (Lipinski definition) is 2. The van der Waals surface area contributed by atoms with Gasteiger partial charge in [0, 0.05) is 19.3 Å². The minimum atomic E-state index is -0.849. The number of pyridine rings is 1. The lowest BCUT2D eigenvalue weighted by Gasteiger charge is -2.36. The summed E-state index contributed by atoms with van der Waals surface area (Å²) in [4.78, 5) is 40.9. The Morgan fingerprint density at radius 1 is 1.25 bits per heavy atom. The van der Waals surface area contributed by atoms with Crippen LogP contribution in [0.25, 0.3) is 0 Å². The molecule has 2 aliphatic heterocycles. The van der Waals surface area contributed by atoms with E-state index in [1.165, 1.54) is 0 Å². The Morgan fingerprint density at radius 3 is 2.55 bits per heavy atom. The van der Waals surface area contributed by atoms with Gasteiger partial charge in [0.1, 0.15) is 11.2 Å². The van der Waals surface area contributed by atoms with Gasteiger partial charge in [-0.2, -0.15) is 0 Å². The molecular weight excluding hydrogens is 260 g/mol. The largest absolute Gasteiger partial charge is 0.337 e. The van der Waals surface area contributed by atoms with Gasteiger partial charge in [-0.15, -0.1) is 0 Å². The van der Waals surface area contributed by atoms with Crippen LogP contribution in [-0.2, 0) is 4.79 Å². The van der Waals surface area contributed by atoms with Gasteiger partial charge in [0.15, 0.2) is 0 Å². The molecule has 3 rings (SSSR count). The number of imide groups is 1. The van der Waals surface area contributed by atoms with Crippen molar-refractivity contribution >= 4 is 17.8 Å². The highest BCUT2D eigenvalue weighted by Crippen LogP contribution is 2.26. The van der Waals surface area contributed by atoms with Crippen molar-refractivity contribution in [3.05, 3.63) is 30.1 Å². The number of amides is 4. The van der Waals surface area contributed by atoms with Crippen molar-refractivity contribution in [3.8, 4) is 0 Å². The summed E-state index contributed by atoms with van der Waals surface area (Å²) in [6.07, 6.45) is 2.41. The molecule has 1 aromatic heterocycles. The molecule has 0 unspecified atom stereocenters. The number of nitrogens with zero attached hydrogens (tertiary/aromatic N) is 2. The van der Waals surface area contributed by atoms with Crippen molar-refractivity contribution in [2.45, 2.75) is 18.4 Å². The Labute approximate surface area is 115 Å². The predicted octanol–water partition coefficient (Wildman–Crippen LogP) is -0.104. The van der Waals surface area contributed by atoms with Gasteiger partial charge in [0.25, 0.3) is 11.8 Å². The first-order valence-corrected chi connectivity index (χ1v) is 6.45. The Balaban J connectivity index is 1.69. The van der Waals surface area contributed by atoms with E-state index >= 15 is 0 Å². The van der Waals surface area contributed by atoms with Crippen molar-refractivity contribution in [1.29, 1.82) is 0 Å². The van der Waals surface area contributed by atoms with Crippen LogP contribution in [0.2, 0.25) is 0 Å². The van der Waals surface area contributed by atoms with Crippen molar-refractivity contribution in [2.24, 2.45) is 0 Å². The molecule has 2 fully saturated rings. The molecule has 2 aliphatic rings. The molecule has 4 amide bonds. The lowest BCUT2D eigenvalue weighted by molar-refractivity contribution is -0.125. The van der Waals surface area contributed by atoms with Gasteiger partial charge >= 0.3 is 6.03 Å². The lowest BCUT2D eigenvalue weighted by atomic mass is 9.87. The van der Waals surface area contributed by atoms with Gasteiger partial charge in [-0.05, 0) is 25.0 Å². The number of piperidine rings is 1. The van der Waals surface area contributed by atoms with Crippen molar-refractivity contribution in [1.82, 2.24) is 20.5 Å². The fourth-order valence-electron chi connectivity index (χ4n) is 2.62. The van der Waals surface area contributed by atoms with Crippen LogP contribution in [0.5, 0.6) is 0 Å². The maximum absolute atomic E-state index is 12.2. The van der Waals surface area contributed by atoms with Gasteiger partial charge in [0.2, 0.25) is 0 Å². The number of aromatic nitrogens is 1. The number of carbonyl (C=O) groups excluding carboxylic acids is 3. The third kappa shape index (κ3) is 2.01. The number of likely N-dealkylation sites (tertiary alicyclic amines) is 1. The normalized spacial score (nSPS) is 20.7. The fourth-order valence-corrected chi connectivity index (χ4v) is 2.62. The molecule has 0 radical (unpaired) electrons. The highest BCUT2D eigenvalue weighted by atomic mass is 16.2. The van der Waals surface area contributed by atoms with Gasteiger partial charge in [0.05, 0.1) is 0 Å².